The number of fused-ring (bicyclic) bond motifs is 1. The zero-order valence-corrected chi connectivity index (χ0v) is 21.1. The second kappa shape index (κ2) is 11.6. The zero-order chi connectivity index (χ0) is 26.5. The minimum absolute atomic E-state index is 0.0213. The Morgan fingerprint density at radius 1 is 1.27 bits per heavy atom. The van der Waals surface area contributed by atoms with Gasteiger partial charge < -0.3 is 26.0 Å². The molecule has 2 atom stereocenters. The number of amides is 1. The van der Waals surface area contributed by atoms with E-state index in [-0.39, 0.29) is 48.8 Å². The number of nitrogens with zero attached hydrogens (tertiary/aromatic N) is 1. The second-order valence-electron chi connectivity index (χ2n) is 8.87. The molecule has 1 amide bonds. The van der Waals surface area contributed by atoms with Crippen molar-refractivity contribution in [2.24, 2.45) is 11.7 Å². The smallest absolute Gasteiger partial charge is 0.270 e. The van der Waals surface area contributed by atoms with Crippen molar-refractivity contribution in [1.29, 1.82) is 5.41 Å². The lowest BCUT2D eigenvalue weighted by molar-refractivity contribution is -0.143. The molecule has 1 aliphatic carbocycles. The fraction of sp³-hybridized carbons (Fsp3) is 0.296. The van der Waals surface area contributed by atoms with Crippen LogP contribution in [0.1, 0.15) is 30.0 Å². The van der Waals surface area contributed by atoms with Crippen LogP contribution in [0.4, 0.5) is 10.1 Å². The molecule has 0 bridgehead atoms. The van der Waals surface area contributed by atoms with Gasteiger partial charge in [0, 0.05) is 60.7 Å². The van der Waals surface area contributed by atoms with Gasteiger partial charge in [-0.2, -0.15) is 0 Å². The molecule has 0 radical (unpaired) electrons. The van der Waals surface area contributed by atoms with Crippen molar-refractivity contribution < 1.29 is 18.7 Å². The van der Waals surface area contributed by atoms with Gasteiger partial charge in [-0.1, -0.05) is 41.9 Å². The van der Waals surface area contributed by atoms with E-state index >= 15 is 0 Å². The quantitative estimate of drug-likeness (QED) is 0.278. The van der Waals surface area contributed by atoms with Crippen molar-refractivity contribution in [3.8, 4) is 0 Å². The normalized spacial score (nSPS) is 17.5. The Morgan fingerprint density at radius 3 is 2.78 bits per heavy atom. The zero-order valence-electron chi connectivity index (χ0n) is 20.4. The molecule has 2 aromatic rings. The summed E-state index contributed by atoms with van der Waals surface area (Å²) in [6, 6.07) is 11.6. The largest absolute Gasteiger partial charge is 0.384 e. The van der Waals surface area contributed by atoms with Gasteiger partial charge in [-0.15, -0.1) is 0 Å². The second-order valence-corrected chi connectivity index (χ2v) is 9.35. The first-order chi connectivity index (χ1) is 17.8. The lowest BCUT2D eigenvalue weighted by Crippen LogP contribution is -2.46. The maximum atomic E-state index is 14.1. The van der Waals surface area contributed by atoms with Gasteiger partial charge in [0.15, 0.2) is 0 Å². The summed E-state index contributed by atoms with van der Waals surface area (Å²) in [4.78, 5) is 27.3. The molecule has 0 aromatic heterocycles. The molecule has 194 valence electrons. The Balaban J connectivity index is 1.48. The van der Waals surface area contributed by atoms with E-state index in [2.05, 4.69) is 10.6 Å². The maximum absolute atomic E-state index is 14.1. The number of hydrogen-bond acceptors (Lipinski definition) is 6. The number of Topliss-reactive ketones (excluding diaryl/α,β-unsaturated/α-hetero) is 1. The Hall–Kier alpha value is -3.69. The van der Waals surface area contributed by atoms with Crippen molar-refractivity contribution >= 4 is 34.8 Å². The first-order valence-electron chi connectivity index (χ1n) is 12.0. The first-order valence-corrected chi connectivity index (χ1v) is 12.3. The number of nitrogen functional groups attached to an aromatic ring is 1. The van der Waals surface area contributed by atoms with Gasteiger partial charge in [0.2, 0.25) is 6.23 Å². The number of rotatable bonds is 10. The number of benzene rings is 2. The van der Waals surface area contributed by atoms with Crippen molar-refractivity contribution in [2.45, 2.75) is 32.7 Å². The number of hydrogen-bond donors (Lipinski definition) is 4. The molecular weight excluding hydrogens is 497 g/mol. The highest BCUT2D eigenvalue weighted by Gasteiger charge is 2.37. The predicted octanol–water partition coefficient (Wildman–Crippen LogP) is 3.61. The number of amidine groups is 1. The summed E-state index contributed by atoms with van der Waals surface area (Å²) >= 11 is 6.09. The number of nitrogens with two attached hydrogens (primary N) is 1. The molecule has 5 N–H and O–H groups in total. The van der Waals surface area contributed by atoms with E-state index in [1.807, 2.05) is 0 Å². The minimum atomic E-state index is -0.922. The Kier molecular flexibility index (Phi) is 8.25. The van der Waals surface area contributed by atoms with Crippen molar-refractivity contribution in [2.75, 3.05) is 18.5 Å². The minimum Gasteiger partial charge on any atom is -0.384 e. The molecule has 0 fully saturated rings. The molecule has 8 nitrogen and oxygen atoms in total. The third-order valence-electron chi connectivity index (χ3n) is 6.32. The molecule has 1 heterocycles. The highest BCUT2D eigenvalue weighted by atomic mass is 35.5. The SMILES string of the molecule is CCOC(C(=O)NCc1ccc(C(=N)N)cc1NCc1ccccc1F)N1C=C2C=C(Cl)CC(=O)C2C1. The lowest BCUT2D eigenvalue weighted by Gasteiger charge is -2.27. The number of ether oxygens (including phenoxy) is 1. The van der Waals surface area contributed by atoms with Crippen LogP contribution in [-0.2, 0) is 27.4 Å². The van der Waals surface area contributed by atoms with Crippen molar-refractivity contribution in [3.63, 3.8) is 0 Å². The van der Waals surface area contributed by atoms with Gasteiger partial charge in [0.25, 0.3) is 5.91 Å². The van der Waals surface area contributed by atoms with Crippen LogP contribution >= 0.6 is 11.6 Å². The summed E-state index contributed by atoms with van der Waals surface area (Å²) in [5.41, 5.74) is 8.76. The molecule has 0 saturated carbocycles. The summed E-state index contributed by atoms with van der Waals surface area (Å²) in [6.07, 6.45) is 2.81. The number of carbonyl (C=O) groups excluding carboxylic acids is 2. The highest BCUT2D eigenvalue weighted by Crippen LogP contribution is 2.33. The highest BCUT2D eigenvalue weighted by molar-refractivity contribution is 6.31. The van der Waals surface area contributed by atoms with Gasteiger partial charge in [-0.25, -0.2) is 4.39 Å². The number of halogens is 2. The molecule has 0 saturated heterocycles. The van der Waals surface area contributed by atoms with Crippen LogP contribution in [0.15, 0.2) is 65.3 Å². The van der Waals surface area contributed by atoms with E-state index in [1.54, 1.807) is 60.5 Å². The van der Waals surface area contributed by atoms with Crippen LogP contribution in [0.3, 0.4) is 0 Å². The van der Waals surface area contributed by atoms with Crippen LogP contribution < -0.4 is 16.4 Å². The van der Waals surface area contributed by atoms with Crippen LogP contribution in [-0.4, -0.2) is 41.8 Å². The van der Waals surface area contributed by atoms with E-state index in [0.29, 0.717) is 35.0 Å². The molecule has 37 heavy (non-hydrogen) atoms. The van der Waals surface area contributed by atoms with E-state index in [1.165, 1.54) is 6.07 Å². The van der Waals surface area contributed by atoms with E-state index < -0.39 is 6.23 Å². The third kappa shape index (κ3) is 6.18. The summed E-state index contributed by atoms with van der Waals surface area (Å²) in [5, 5.41) is 14.3. The van der Waals surface area contributed by atoms with Crippen molar-refractivity contribution in [1.82, 2.24) is 10.2 Å². The Labute approximate surface area is 219 Å². The average Bonchev–Trinajstić information content (AvgIpc) is 3.29. The molecule has 0 spiro atoms. The molecule has 2 unspecified atom stereocenters. The molecular formula is C27H29ClFN5O3. The number of ketones is 1. The summed E-state index contributed by atoms with van der Waals surface area (Å²) < 4.78 is 19.9. The lowest BCUT2D eigenvalue weighted by atomic mass is 9.90. The topological polar surface area (TPSA) is 121 Å². The Bertz CT molecular complexity index is 1280. The van der Waals surface area contributed by atoms with Gasteiger partial charge >= 0.3 is 0 Å². The number of anilines is 1. The van der Waals surface area contributed by atoms with Crippen LogP contribution in [0.2, 0.25) is 0 Å². The number of carbonyl (C=O) groups is 2. The average molecular weight is 526 g/mol. The monoisotopic (exact) mass is 525 g/mol. The van der Waals surface area contributed by atoms with Gasteiger partial charge in [-0.3, -0.25) is 15.0 Å². The molecule has 2 aromatic carbocycles. The van der Waals surface area contributed by atoms with Gasteiger partial charge in [-0.05, 0) is 36.3 Å². The number of allylic oxidation sites excluding steroid dienone is 2. The number of nitrogens with one attached hydrogen (secondary N) is 3. The molecule has 4 rings (SSSR count). The van der Waals surface area contributed by atoms with E-state index in [9.17, 15) is 14.0 Å². The van der Waals surface area contributed by atoms with Crippen LogP contribution in [0, 0.1) is 17.1 Å². The summed E-state index contributed by atoms with van der Waals surface area (Å²) in [7, 11) is 0. The van der Waals surface area contributed by atoms with Crippen LogP contribution in [0.25, 0.3) is 0 Å². The van der Waals surface area contributed by atoms with E-state index in [0.717, 1.165) is 11.1 Å². The maximum Gasteiger partial charge on any atom is 0.270 e. The molecule has 10 heteroatoms. The van der Waals surface area contributed by atoms with Crippen LogP contribution in [0.5, 0.6) is 0 Å². The fourth-order valence-electron chi connectivity index (χ4n) is 4.41. The molecule has 1 aliphatic heterocycles. The predicted molar refractivity (Wildman–Crippen MR) is 140 cm³/mol. The first kappa shape index (κ1) is 26.4. The summed E-state index contributed by atoms with van der Waals surface area (Å²) in [6.45, 7) is 2.80. The molecule has 2 aliphatic rings. The Morgan fingerprint density at radius 2 is 2.05 bits per heavy atom. The third-order valence-corrected chi connectivity index (χ3v) is 6.56. The van der Waals surface area contributed by atoms with Gasteiger partial charge in [0.1, 0.15) is 17.4 Å². The summed E-state index contributed by atoms with van der Waals surface area (Å²) in [5.74, 6) is -1.11. The van der Waals surface area contributed by atoms with Crippen molar-refractivity contribution in [3.05, 3.63) is 87.9 Å². The van der Waals surface area contributed by atoms with Gasteiger partial charge in [0.05, 0.1) is 5.92 Å². The fourth-order valence-corrected chi connectivity index (χ4v) is 4.66. The van der Waals surface area contributed by atoms with E-state index in [4.69, 9.17) is 27.5 Å². The standard InChI is InChI=1S/C27H29ClFN5O3/c1-2-37-27(34-14-19-9-20(28)11-24(35)21(19)15-34)26(36)33-13-18-8-7-16(25(30)31)10-23(18)32-12-17-5-3-4-6-22(17)29/h3-10,14,21,27,32H,2,11-13,15H2,1H3,(H3,30,31)(H,33,36).